The summed E-state index contributed by atoms with van der Waals surface area (Å²) in [6, 6.07) is 14.3. The lowest BCUT2D eigenvalue weighted by molar-refractivity contribution is -0.115. The molecule has 2 aromatic rings. The number of aryl methyl sites for hydroxylation is 1. The first-order valence-electron chi connectivity index (χ1n) is 7.47. The molecule has 0 fully saturated rings. The summed E-state index contributed by atoms with van der Waals surface area (Å²) in [7, 11) is 0. The number of nitrogen functional groups attached to an aromatic ring is 1. The molecule has 0 radical (unpaired) electrons. The molecule has 0 atom stereocenters. The van der Waals surface area contributed by atoms with Crippen LogP contribution in [-0.2, 0) is 11.2 Å². The average molecular weight is 311 g/mol. The van der Waals surface area contributed by atoms with Crippen molar-refractivity contribution in [1.82, 2.24) is 5.32 Å². The van der Waals surface area contributed by atoms with Crippen molar-refractivity contribution in [1.29, 1.82) is 0 Å². The largest absolute Gasteiger partial charge is 0.399 e. The fourth-order valence-corrected chi connectivity index (χ4v) is 2.37. The number of anilines is 2. The highest BCUT2D eigenvalue weighted by Gasteiger charge is 2.19. The van der Waals surface area contributed by atoms with Crippen LogP contribution in [0.3, 0.4) is 0 Å². The summed E-state index contributed by atoms with van der Waals surface area (Å²) < 4.78 is 0. The highest BCUT2D eigenvalue weighted by molar-refractivity contribution is 6.13. The Hall–Kier alpha value is -2.82. The summed E-state index contributed by atoms with van der Waals surface area (Å²) >= 11 is 0. The van der Waals surface area contributed by atoms with Crippen LogP contribution in [0.25, 0.3) is 0 Å². The summed E-state index contributed by atoms with van der Waals surface area (Å²) in [4.78, 5) is 25.2. The summed E-state index contributed by atoms with van der Waals surface area (Å²) in [6.45, 7) is 3.83. The van der Waals surface area contributed by atoms with Crippen LogP contribution in [0.5, 0.6) is 0 Å². The zero-order chi connectivity index (χ0) is 16.8. The van der Waals surface area contributed by atoms with Gasteiger partial charge in [0.05, 0.1) is 5.69 Å². The third-order valence-corrected chi connectivity index (χ3v) is 3.42. The topological polar surface area (TPSA) is 75.4 Å². The molecule has 0 aromatic heterocycles. The Bertz CT molecular complexity index is 713. The van der Waals surface area contributed by atoms with Gasteiger partial charge in [0.1, 0.15) is 0 Å². The zero-order valence-corrected chi connectivity index (χ0v) is 13.4. The molecule has 23 heavy (non-hydrogen) atoms. The molecule has 0 bridgehead atoms. The number of urea groups is 1. The number of amides is 3. The first kappa shape index (κ1) is 16.5. The van der Waals surface area contributed by atoms with Gasteiger partial charge in [-0.3, -0.25) is 4.79 Å². The lowest BCUT2D eigenvalue weighted by atomic mass is 10.1. The van der Waals surface area contributed by atoms with Gasteiger partial charge in [0.25, 0.3) is 0 Å². The van der Waals surface area contributed by atoms with Gasteiger partial charge in [-0.05, 0) is 37.1 Å². The summed E-state index contributed by atoms with van der Waals surface area (Å²) in [6.07, 6.45) is 0.704. The van der Waals surface area contributed by atoms with Crippen LogP contribution in [0.4, 0.5) is 16.2 Å². The maximum atomic E-state index is 12.3. The minimum absolute atomic E-state index is 0.358. The van der Waals surface area contributed by atoms with Crippen molar-refractivity contribution in [3.8, 4) is 0 Å². The third kappa shape index (κ3) is 4.57. The molecule has 0 saturated carbocycles. The van der Waals surface area contributed by atoms with Gasteiger partial charge in [-0.1, -0.05) is 35.9 Å². The molecule has 3 amide bonds. The molecule has 0 saturated heterocycles. The monoisotopic (exact) mass is 311 g/mol. The van der Waals surface area contributed by atoms with Crippen LogP contribution in [0.2, 0.25) is 0 Å². The van der Waals surface area contributed by atoms with Crippen LogP contribution < -0.4 is 16.0 Å². The van der Waals surface area contributed by atoms with Gasteiger partial charge in [0.2, 0.25) is 5.91 Å². The standard InChI is InChI=1S/C18H21N3O2/c1-13-5-3-6-15(11-13)9-10-20-18(23)21(14(2)22)17-8-4-7-16(19)12-17/h3-8,11-12H,9-10,19H2,1-2H3,(H,20,23). The van der Waals surface area contributed by atoms with Crippen molar-refractivity contribution < 1.29 is 9.59 Å². The minimum atomic E-state index is -0.448. The fraction of sp³-hybridized carbons (Fsp3) is 0.222. The number of nitrogens with zero attached hydrogens (tertiary/aromatic N) is 1. The van der Waals surface area contributed by atoms with Crippen LogP contribution in [0.1, 0.15) is 18.1 Å². The van der Waals surface area contributed by atoms with Crippen molar-refractivity contribution in [2.75, 3.05) is 17.2 Å². The van der Waals surface area contributed by atoms with Gasteiger partial charge in [-0.25, -0.2) is 9.69 Å². The Morgan fingerprint density at radius 2 is 1.87 bits per heavy atom. The van der Waals surface area contributed by atoms with E-state index in [0.717, 1.165) is 10.5 Å². The van der Waals surface area contributed by atoms with E-state index < -0.39 is 6.03 Å². The highest BCUT2D eigenvalue weighted by atomic mass is 16.2. The van der Waals surface area contributed by atoms with Gasteiger partial charge in [0, 0.05) is 19.2 Å². The Morgan fingerprint density at radius 3 is 2.52 bits per heavy atom. The number of benzene rings is 2. The number of hydrogen-bond donors (Lipinski definition) is 2. The van der Waals surface area contributed by atoms with E-state index in [1.807, 2.05) is 25.1 Å². The SMILES string of the molecule is CC(=O)N(C(=O)NCCc1cccc(C)c1)c1cccc(N)c1. The molecule has 2 aromatic carbocycles. The van der Waals surface area contributed by atoms with E-state index in [4.69, 9.17) is 5.73 Å². The van der Waals surface area contributed by atoms with Crippen LogP contribution >= 0.6 is 0 Å². The number of hydrogen-bond acceptors (Lipinski definition) is 3. The maximum Gasteiger partial charge on any atom is 0.328 e. The van der Waals surface area contributed by atoms with Gasteiger partial charge in [-0.15, -0.1) is 0 Å². The van der Waals surface area contributed by atoms with Gasteiger partial charge < -0.3 is 11.1 Å². The van der Waals surface area contributed by atoms with Crippen molar-refractivity contribution >= 4 is 23.3 Å². The minimum Gasteiger partial charge on any atom is -0.399 e. The Kier molecular flexibility index (Phi) is 5.36. The van der Waals surface area contributed by atoms with E-state index in [0.29, 0.717) is 24.3 Å². The second kappa shape index (κ2) is 7.45. The average Bonchev–Trinajstić information content (AvgIpc) is 2.47. The quantitative estimate of drug-likeness (QED) is 0.853. The lowest BCUT2D eigenvalue weighted by Crippen LogP contribution is -2.43. The highest BCUT2D eigenvalue weighted by Crippen LogP contribution is 2.18. The first-order valence-corrected chi connectivity index (χ1v) is 7.47. The Labute approximate surface area is 136 Å². The Balaban J connectivity index is 2.00. The number of rotatable bonds is 4. The van der Waals surface area contributed by atoms with E-state index in [9.17, 15) is 9.59 Å². The summed E-state index contributed by atoms with van der Waals surface area (Å²) in [5, 5.41) is 2.78. The molecular formula is C18H21N3O2. The molecule has 0 heterocycles. The maximum absolute atomic E-state index is 12.3. The Morgan fingerprint density at radius 1 is 1.13 bits per heavy atom. The number of carbonyl (C=O) groups is 2. The number of nitrogens with two attached hydrogens (primary N) is 1. The summed E-state index contributed by atoms with van der Waals surface area (Å²) in [5.41, 5.74) is 9.00. The number of nitrogens with one attached hydrogen (secondary N) is 1. The number of imide groups is 1. The van der Waals surface area contributed by atoms with Gasteiger partial charge in [0.15, 0.2) is 0 Å². The lowest BCUT2D eigenvalue weighted by Gasteiger charge is -2.20. The van der Waals surface area contributed by atoms with E-state index in [2.05, 4.69) is 11.4 Å². The molecule has 0 aliphatic rings. The van der Waals surface area contributed by atoms with Crippen LogP contribution in [-0.4, -0.2) is 18.5 Å². The molecule has 0 aliphatic heterocycles. The smallest absolute Gasteiger partial charge is 0.328 e. The van der Waals surface area contributed by atoms with Crippen LogP contribution in [0.15, 0.2) is 48.5 Å². The molecule has 2 rings (SSSR count). The van der Waals surface area contributed by atoms with E-state index in [1.165, 1.54) is 12.5 Å². The third-order valence-electron chi connectivity index (χ3n) is 3.42. The second-order valence-corrected chi connectivity index (χ2v) is 5.42. The van der Waals surface area contributed by atoms with Crippen molar-refractivity contribution in [2.45, 2.75) is 20.3 Å². The molecule has 5 heteroatoms. The normalized spacial score (nSPS) is 10.2. The molecule has 0 unspecified atom stereocenters. The van der Waals surface area contributed by atoms with Crippen molar-refractivity contribution in [3.63, 3.8) is 0 Å². The molecular weight excluding hydrogens is 290 g/mol. The van der Waals surface area contributed by atoms with Crippen molar-refractivity contribution in [3.05, 3.63) is 59.7 Å². The number of carbonyl (C=O) groups excluding carboxylic acids is 2. The van der Waals surface area contributed by atoms with E-state index in [-0.39, 0.29) is 5.91 Å². The second-order valence-electron chi connectivity index (χ2n) is 5.42. The fourth-order valence-electron chi connectivity index (χ4n) is 2.37. The van der Waals surface area contributed by atoms with Gasteiger partial charge in [-0.2, -0.15) is 0 Å². The summed E-state index contributed by atoms with van der Waals surface area (Å²) in [5.74, 6) is -0.358. The zero-order valence-electron chi connectivity index (χ0n) is 13.4. The molecule has 5 nitrogen and oxygen atoms in total. The van der Waals surface area contributed by atoms with E-state index in [1.54, 1.807) is 24.3 Å². The molecule has 120 valence electrons. The predicted molar refractivity (Wildman–Crippen MR) is 92.3 cm³/mol. The molecule has 0 aliphatic carbocycles. The molecule has 3 N–H and O–H groups in total. The first-order chi connectivity index (χ1) is 11.0. The van der Waals surface area contributed by atoms with Crippen molar-refractivity contribution in [2.24, 2.45) is 0 Å². The van der Waals surface area contributed by atoms with Crippen LogP contribution in [0, 0.1) is 6.92 Å². The predicted octanol–water partition coefficient (Wildman–Crippen LogP) is 2.88. The molecule has 0 spiro atoms. The van der Waals surface area contributed by atoms with E-state index >= 15 is 0 Å². The van der Waals surface area contributed by atoms with Gasteiger partial charge >= 0.3 is 6.03 Å².